The fourth-order valence-electron chi connectivity index (χ4n) is 1.98. The Morgan fingerprint density at radius 2 is 2.05 bits per heavy atom. The van der Waals surface area contributed by atoms with Crippen molar-refractivity contribution in [2.45, 2.75) is 12.6 Å². The van der Waals surface area contributed by atoms with Gasteiger partial charge in [-0.3, -0.25) is 19.8 Å². The van der Waals surface area contributed by atoms with Crippen molar-refractivity contribution in [3.05, 3.63) is 32.3 Å². The highest BCUT2D eigenvalue weighted by molar-refractivity contribution is 9.10. The minimum atomic E-state index is -5.05. The summed E-state index contributed by atoms with van der Waals surface area (Å²) in [5.74, 6) is -2.09. The molecule has 0 aromatic heterocycles. The number of rotatable bonds is 1. The van der Waals surface area contributed by atoms with Crippen molar-refractivity contribution in [3.63, 3.8) is 0 Å². The van der Waals surface area contributed by atoms with E-state index in [0.29, 0.717) is 14.9 Å². The molecule has 0 aliphatic carbocycles. The van der Waals surface area contributed by atoms with Crippen LogP contribution >= 0.6 is 15.9 Å². The van der Waals surface area contributed by atoms with Gasteiger partial charge in [-0.1, -0.05) is 15.9 Å². The molecular formula is C10H6BrF3N2O3. The molecule has 1 amide bonds. The summed E-state index contributed by atoms with van der Waals surface area (Å²) in [6, 6.07) is 2.56. The number of nitrogens with zero attached hydrogens (tertiary/aromatic N) is 2. The van der Waals surface area contributed by atoms with Crippen LogP contribution in [0.3, 0.4) is 0 Å². The molecule has 0 radical (unpaired) electrons. The lowest BCUT2D eigenvalue weighted by atomic mass is 10.1. The molecule has 0 N–H and O–H groups in total. The van der Waals surface area contributed by atoms with Gasteiger partial charge >= 0.3 is 12.1 Å². The molecule has 0 bridgehead atoms. The largest absolute Gasteiger partial charge is 0.471 e. The van der Waals surface area contributed by atoms with Crippen molar-refractivity contribution in [1.29, 1.82) is 0 Å². The maximum atomic E-state index is 12.4. The highest BCUT2D eigenvalue weighted by Gasteiger charge is 2.46. The number of alkyl halides is 3. The van der Waals surface area contributed by atoms with Gasteiger partial charge in [0.05, 0.1) is 4.92 Å². The molecule has 0 atom stereocenters. The molecule has 0 saturated carbocycles. The quantitative estimate of drug-likeness (QED) is 0.584. The summed E-state index contributed by atoms with van der Waals surface area (Å²) in [5.41, 5.74) is -0.436. The molecule has 1 aromatic rings. The Hall–Kier alpha value is -1.64. The van der Waals surface area contributed by atoms with E-state index in [2.05, 4.69) is 15.9 Å². The van der Waals surface area contributed by atoms with Gasteiger partial charge in [0.15, 0.2) is 0 Å². The highest BCUT2D eigenvalue weighted by atomic mass is 79.9. The Kier molecular flexibility index (Phi) is 3.25. The summed E-state index contributed by atoms with van der Waals surface area (Å²) in [7, 11) is 0. The molecule has 1 heterocycles. The summed E-state index contributed by atoms with van der Waals surface area (Å²) in [6.07, 6.45) is -4.90. The Morgan fingerprint density at radius 1 is 1.42 bits per heavy atom. The van der Waals surface area contributed by atoms with E-state index in [4.69, 9.17) is 0 Å². The summed E-state index contributed by atoms with van der Waals surface area (Å²) in [4.78, 5) is 21.8. The lowest BCUT2D eigenvalue weighted by Gasteiger charge is -2.18. The van der Waals surface area contributed by atoms with Gasteiger partial charge in [-0.25, -0.2) is 0 Å². The van der Waals surface area contributed by atoms with Crippen LogP contribution in [0.5, 0.6) is 0 Å². The average Bonchev–Trinajstić information content (AvgIpc) is 2.68. The van der Waals surface area contributed by atoms with Crippen LogP contribution in [-0.4, -0.2) is 23.6 Å². The predicted molar refractivity (Wildman–Crippen MR) is 62.9 cm³/mol. The number of fused-ring (bicyclic) bond motifs is 1. The van der Waals surface area contributed by atoms with E-state index >= 15 is 0 Å². The summed E-state index contributed by atoms with van der Waals surface area (Å²) >= 11 is 3.05. The minimum absolute atomic E-state index is 0.150. The van der Waals surface area contributed by atoms with Gasteiger partial charge in [-0.2, -0.15) is 13.2 Å². The molecule has 1 aliphatic heterocycles. The van der Waals surface area contributed by atoms with E-state index in [1.165, 1.54) is 6.07 Å². The monoisotopic (exact) mass is 338 g/mol. The normalized spacial score (nSPS) is 14.4. The number of hydrogen-bond acceptors (Lipinski definition) is 3. The smallest absolute Gasteiger partial charge is 0.298 e. The number of hydrogen-bond donors (Lipinski definition) is 0. The molecular weight excluding hydrogens is 333 g/mol. The van der Waals surface area contributed by atoms with Crippen LogP contribution in [0.1, 0.15) is 5.56 Å². The maximum absolute atomic E-state index is 12.4. The summed E-state index contributed by atoms with van der Waals surface area (Å²) in [6.45, 7) is -0.217. The molecule has 0 spiro atoms. The average molecular weight is 339 g/mol. The zero-order valence-corrected chi connectivity index (χ0v) is 10.8. The Labute approximate surface area is 113 Å². The number of halogens is 4. The van der Waals surface area contributed by atoms with E-state index in [-0.39, 0.29) is 18.7 Å². The molecule has 9 heteroatoms. The van der Waals surface area contributed by atoms with E-state index in [9.17, 15) is 28.1 Å². The molecule has 5 nitrogen and oxygen atoms in total. The van der Waals surface area contributed by atoms with Crippen molar-refractivity contribution >= 4 is 33.2 Å². The van der Waals surface area contributed by atoms with Crippen LogP contribution in [0.15, 0.2) is 16.6 Å². The number of carbonyl (C=O) groups excluding carboxylic acids is 1. The Bertz CT molecular complexity index is 574. The van der Waals surface area contributed by atoms with Crippen molar-refractivity contribution in [3.8, 4) is 0 Å². The van der Waals surface area contributed by atoms with Crippen LogP contribution in [-0.2, 0) is 11.2 Å². The second kappa shape index (κ2) is 4.48. The van der Waals surface area contributed by atoms with Gasteiger partial charge < -0.3 is 0 Å². The van der Waals surface area contributed by atoms with Crippen molar-refractivity contribution in [2.24, 2.45) is 0 Å². The number of benzene rings is 1. The molecule has 1 aromatic carbocycles. The molecule has 102 valence electrons. The second-order valence-electron chi connectivity index (χ2n) is 3.89. The number of carbonyl (C=O) groups is 1. The first-order chi connectivity index (χ1) is 8.71. The molecule has 0 fully saturated rings. The van der Waals surface area contributed by atoms with Crippen LogP contribution in [0.4, 0.5) is 24.5 Å². The van der Waals surface area contributed by atoms with E-state index in [1.807, 2.05) is 0 Å². The second-order valence-corrected chi connectivity index (χ2v) is 4.81. The third-order valence-corrected chi connectivity index (χ3v) is 3.15. The molecule has 19 heavy (non-hydrogen) atoms. The molecule has 1 aliphatic rings. The highest BCUT2D eigenvalue weighted by Crippen LogP contribution is 2.41. The molecule has 0 saturated heterocycles. The minimum Gasteiger partial charge on any atom is -0.298 e. The van der Waals surface area contributed by atoms with Gasteiger partial charge in [0.25, 0.3) is 5.69 Å². The van der Waals surface area contributed by atoms with E-state index in [0.717, 1.165) is 6.07 Å². The Balaban J connectivity index is 2.55. The van der Waals surface area contributed by atoms with E-state index < -0.39 is 22.7 Å². The molecule has 0 unspecified atom stereocenters. The standard InChI is InChI=1S/C10H6BrF3N2O3/c11-6-3-5-1-2-15(9(17)10(12,13)14)8(5)7(4-6)16(18)19/h3-4H,1-2H2. The van der Waals surface area contributed by atoms with Gasteiger partial charge in [0.2, 0.25) is 0 Å². The Morgan fingerprint density at radius 3 is 2.58 bits per heavy atom. The first-order valence-corrected chi connectivity index (χ1v) is 5.86. The zero-order valence-electron chi connectivity index (χ0n) is 9.20. The first kappa shape index (κ1) is 13.8. The fourth-order valence-corrected chi connectivity index (χ4v) is 2.47. The SMILES string of the molecule is O=C(N1CCc2cc(Br)cc([N+](=O)[O-])c21)C(F)(F)F. The number of nitro groups is 1. The maximum Gasteiger partial charge on any atom is 0.471 e. The predicted octanol–water partition coefficient (Wildman–Crippen LogP) is 2.81. The topological polar surface area (TPSA) is 63.5 Å². The van der Waals surface area contributed by atoms with Gasteiger partial charge in [0, 0.05) is 17.1 Å². The third kappa shape index (κ3) is 2.42. The van der Waals surface area contributed by atoms with Crippen molar-refractivity contribution in [2.75, 3.05) is 11.4 Å². The van der Waals surface area contributed by atoms with Crippen molar-refractivity contribution in [1.82, 2.24) is 0 Å². The van der Waals surface area contributed by atoms with Crippen molar-refractivity contribution < 1.29 is 22.9 Å². The molecule has 2 rings (SSSR count). The van der Waals surface area contributed by atoms with Gasteiger partial charge in [-0.05, 0) is 18.1 Å². The van der Waals surface area contributed by atoms with Crippen LogP contribution in [0.25, 0.3) is 0 Å². The van der Waals surface area contributed by atoms with Gasteiger partial charge in [0.1, 0.15) is 5.69 Å². The summed E-state index contributed by atoms with van der Waals surface area (Å²) in [5, 5.41) is 10.9. The number of amides is 1. The van der Waals surface area contributed by atoms with E-state index in [1.54, 1.807) is 0 Å². The zero-order chi connectivity index (χ0) is 14.4. The summed E-state index contributed by atoms with van der Waals surface area (Å²) < 4.78 is 37.7. The number of nitro benzene ring substituents is 1. The lowest BCUT2D eigenvalue weighted by Crippen LogP contribution is -2.40. The van der Waals surface area contributed by atoms with Crippen LogP contribution in [0.2, 0.25) is 0 Å². The fraction of sp³-hybridized carbons (Fsp3) is 0.300. The third-order valence-electron chi connectivity index (χ3n) is 2.69. The first-order valence-electron chi connectivity index (χ1n) is 5.07. The number of anilines is 1. The van der Waals surface area contributed by atoms with Gasteiger partial charge in [-0.15, -0.1) is 0 Å². The lowest BCUT2D eigenvalue weighted by molar-refractivity contribution is -0.384. The van der Waals surface area contributed by atoms with Crippen LogP contribution < -0.4 is 4.90 Å². The van der Waals surface area contributed by atoms with Crippen LogP contribution in [0, 0.1) is 10.1 Å².